The summed E-state index contributed by atoms with van der Waals surface area (Å²) in [5.74, 6) is -0.774. The predicted octanol–water partition coefficient (Wildman–Crippen LogP) is -2.65. The maximum absolute atomic E-state index is 11.4. The molecule has 0 atom stereocenters. The van der Waals surface area contributed by atoms with Crippen LogP contribution in [0.25, 0.3) is 0 Å². The number of amides is 2. The van der Waals surface area contributed by atoms with E-state index < -0.39 is 5.91 Å². The molecule has 9 heteroatoms. The van der Waals surface area contributed by atoms with Crippen molar-refractivity contribution in [3.8, 4) is 0 Å². The molecule has 0 saturated carbocycles. The predicted molar refractivity (Wildman–Crippen MR) is 60.9 cm³/mol. The molecule has 1 aromatic heterocycles. The van der Waals surface area contributed by atoms with Gasteiger partial charge in [-0.2, -0.15) is 0 Å². The maximum Gasteiger partial charge on any atom is 0.243 e. The highest BCUT2D eigenvalue weighted by Gasteiger charge is 2.04. The van der Waals surface area contributed by atoms with Crippen molar-refractivity contribution in [1.82, 2.24) is 20.3 Å². The highest BCUT2D eigenvalue weighted by Crippen LogP contribution is 1.90. The highest BCUT2D eigenvalue weighted by molar-refractivity contribution is 5.75. The number of ether oxygens (including phenoxy) is 1. The second kappa shape index (κ2) is 7.35. The fourth-order valence-corrected chi connectivity index (χ4v) is 1.15. The molecule has 100 valence electrons. The first-order chi connectivity index (χ1) is 8.61. The molecule has 0 aliphatic heterocycles. The Balaban J connectivity index is 2.15. The molecule has 9 nitrogen and oxygen atoms in total. The first-order valence-electron chi connectivity index (χ1n) is 5.33. The number of nitrogens with two attached hydrogens (primary N) is 2. The fraction of sp³-hybridized carbons (Fsp3) is 0.556. The van der Waals surface area contributed by atoms with Gasteiger partial charge >= 0.3 is 0 Å². The molecular formula is C9H16N6O3. The molecule has 0 aromatic carbocycles. The summed E-state index contributed by atoms with van der Waals surface area (Å²) in [5, 5.41) is 10.1. The monoisotopic (exact) mass is 256 g/mol. The molecule has 1 aromatic rings. The van der Waals surface area contributed by atoms with E-state index in [1.807, 2.05) is 0 Å². The lowest BCUT2D eigenvalue weighted by Gasteiger charge is -2.04. The Morgan fingerprint density at radius 2 is 2.28 bits per heavy atom. The number of hydrogen-bond acceptors (Lipinski definition) is 6. The summed E-state index contributed by atoms with van der Waals surface area (Å²) in [4.78, 5) is 21.8. The smallest absolute Gasteiger partial charge is 0.243 e. The third kappa shape index (κ3) is 5.37. The Kier molecular flexibility index (Phi) is 5.74. The Hall–Kier alpha value is -2.00. The van der Waals surface area contributed by atoms with Gasteiger partial charge in [-0.05, 0) is 0 Å². The van der Waals surface area contributed by atoms with Crippen LogP contribution in [0.3, 0.4) is 0 Å². The van der Waals surface area contributed by atoms with Gasteiger partial charge in [-0.15, -0.1) is 5.10 Å². The van der Waals surface area contributed by atoms with Crippen molar-refractivity contribution in [2.75, 3.05) is 19.8 Å². The molecule has 0 bridgehead atoms. The summed E-state index contributed by atoms with van der Waals surface area (Å²) in [7, 11) is 0. The van der Waals surface area contributed by atoms with Gasteiger partial charge in [0.1, 0.15) is 13.2 Å². The van der Waals surface area contributed by atoms with E-state index in [-0.39, 0.29) is 32.2 Å². The molecule has 5 N–H and O–H groups in total. The van der Waals surface area contributed by atoms with Gasteiger partial charge in [0, 0.05) is 13.1 Å². The summed E-state index contributed by atoms with van der Waals surface area (Å²) in [6.07, 6.45) is 1.60. The van der Waals surface area contributed by atoms with E-state index in [0.717, 1.165) is 0 Å². The third-order valence-corrected chi connectivity index (χ3v) is 1.91. The van der Waals surface area contributed by atoms with Gasteiger partial charge in [0.25, 0.3) is 0 Å². The number of carbonyl (C=O) groups excluding carboxylic acids is 2. The first kappa shape index (κ1) is 14.1. The summed E-state index contributed by atoms with van der Waals surface area (Å²) in [5.41, 5.74) is 10.9. The van der Waals surface area contributed by atoms with Crippen LogP contribution in [0.2, 0.25) is 0 Å². The fourth-order valence-electron chi connectivity index (χ4n) is 1.15. The van der Waals surface area contributed by atoms with E-state index >= 15 is 0 Å². The second-order valence-corrected chi connectivity index (χ2v) is 3.48. The van der Waals surface area contributed by atoms with Crippen molar-refractivity contribution < 1.29 is 14.3 Å². The molecule has 0 aliphatic carbocycles. The van der Waals surface area contributed by atoms with Crippen LogP contribution in [0.15, 0.2) is 6.20 Å². The molecular weight excluding hydrogens is 240 g/mol. The zero-order valence-corrected chi connectivity index (χ0v) is 9.83. The number of nitrogens with one attached hydrogen (secondary N) is 1. The molecule has 0 spiro atoms. The average molecular weight is 256 g/mol. The zero-order chi connectivity index (χ0) is 13.4. The topological polar surface area (TPSA) is 138 Å². The van der Waals surface area contributed by atoms with Crippen LogP contribution in [-0.2, 0) is 27.4 Å². The maximum atomic E-state index is 11.4. The summed E-state index contributed by atoms with van der Waals surface area (Å²) >= 11 is 0. The third-order valence-electron chi connectivity index (χ3n) is 1.91. The standard InChI is InChI=1S/C9H16N6O3/c10-3-7-4-15(14-13-7)5-9(17)12-1-2-18-6-8(11)16/h4H,1-3,5-6,10H2,(H2,11,16)(H,12,17). The van der Waals surface area contributed by atoms with E-state index in [9.17, 15) is 9.59 Å². The van der Waals surface area contributed by atoms with Gasteiger partial charge in [-0.3, -0.25) is 9.59 Å². The van der Waals surface area contributed by atoms with Crippen LogP contribution in [-0.4, -0.2) is 46.6 Å². The van der Waals surface area contributed by atoms with E-state index in [1.165, 1.54) is 4.68 Å². The molecule has 18 heavy (non-hydrogen) atoms. The van der Waals surface area contributed by atoms with Crippen LogP contribution >= 0.6 is 0 Å². The van der Waals surface area contributed by atoms with Gasteiger partial charge in [-0.25, -0.2) is 4.68 Å². The second-order valence-electron chi connectivity index (χ2n) is 3.48. The Morgan fingerprint density at radius 3 is 2.89 bits per heavy atom. The average Bonchev–Trinajstić information content (AvgIpc) is 2.76. The number of rotatable bonds is 8. The van der Waals surface area contributed by atoms with Gasteiger partial charge in [0.05, 0.1) is 18.5 Å². The van der Waals surface area contributed by atoms with E-state index in [2.05, 4.69) is 15.6 Å². The lowest BCUT2D eigenvalue weighted by Crippen LogP contribution is -2.31. The molecule has 0 radical (unpaired) electrons. The van der Waals surface area contributed by atoms with Crippen molar-refractivity contribution >= 4 is 11.8 Å². The van der Waals surface area contributed by atoms with Crippen LogP contribution in [0, 0.1) is 0 Å². The molecule has 0 aliphatic rings. The minimum absolute atomic E-state index is 0.0584. The van der Waals surface area contributed by atoms with Crippen molar-refractivity contribution in [2.45, 2.75) is 13.1 Å². The number of hydrogen-bond donors (Lipinski definition) is 3. The van der Waals surface area contributed by atoms with E-state index in [4.69, 9.17) is 16.2 Å². The van der Waals surface area contributed by atoms with Crippen LogP contribution in [0.4, 0.5) is 0 Å². The van der Waals surface area contributed by atoms with Crippen LogP contribution < -0.4 is 16.8 Å². The number of aromatic nitrogens is 3. The quantitative estimate of drug-likeness (QED) is 0.434. The SMILES string of the molecule is NCc1cn(CC(=O)NCCOCC(N)=O)nn1. The molecule has 0 unspecified atom stereocenters. The lowest BCUT2D eigenvalue weighted by molar-refractivity contribution is -0.123. The number of carbonyl (C=O) groups is 2. The van der Waals surface area contributed by atoms with Gasteiger partial charge in [0.15, 0.2) is 0 Å². The normalized spacial score (nSPS) is 10.3. The molecule has 1 rings (SSSR count). The number of primary amides is 1. The number of nitrogens with zero attached hydrogens (tertiary/aromatic N) is 3. The highest BCUT2D eigenvalue weighted by atomic mass is 16.5. The van der Waals surface area contributed by atoms with Crippen molar-refractivity contribution in [3.05, 3.63) is 11.9 Å². The van der Waals surface area contributed by atoms with Crippen LogP contribution in [0.1, 0.15) is 5.69 Å². The Morgan fingerprint density at radius 1 is 1.50 bits per heavy atom. The van der Waals surface area contributed by atoms with E-state index in [0.29, 0.717) is 12.2 Å². The molecule has 1 heterocycles. The first-order valence-corrected chi connectivity index (χ1v) is 5.33. The summed E-state index contributed by atoms with van der Waals surface area (Å²) in [6, 6.07) is 0. The Bertz CT molecular complexity index is 405. The minimum Gasteiger partial charge on any atom is -0.370 e. The van der Waals surface area contributed by atoms with Gasteiger partial charge < -0.3 is 21.5 Å². The van der Waals surface area contributed by atoms with Gasteiger partial charge in [-0.1, -0.05) is 5.21 Å². The van der Waals surface area contributed by atoms with Gasteiger partial charge in [0.2, 0.25) is 11.8 Å². The molecule has 0 saturated heterocycles. The van der Waals surface area contributed by atoms with E-state index in [1.54, 1.807) is 6.20 Å². The minimum atomic E-state index is -0.543. The lowest BCUT2D eigenvalue weighted by atomic mass is 10.5. The zero-order valence-electron chi connectivity index (χ0n) is 9.83. The molecule has 2 amide bonds. The van der Waals surface area contributed by atoms with Crippen molar-refractivity contribution in [2.24, 2.45) is 11.5 Å². The molecule has 0 fully saturated rings. The Labute approximate surface area is 103 Å². The van der Waals surface area contributed by atoms with Crippen LogP contribution in [0.5, 0.6) is 0 Å². The summed E-state index contributed by atoms with van der Waals surface area (Å²) in [6.45, 7) is 0.703. The van der Waals surface area contributed by atoms with Crippen molar-refractivity contribution in [1.29, 1.82) is 0 Å². The largest absolute Gasteiger partial charge is 0.370 e. The van der Waals surface area contributed by atoms with Crippen molar-refractivity contribution in [3.63, 3.8) is 0 Å². The summed E-state index contributed by atoms with van der Waals surface area (Å²) < 4.78 is 6.27.